The number of aliphatic imine (C=N–C) groups is 1. The van der Waals surface area contributed by atoms with Crippen LogP contribution in [0.4, 0.5) is 5.69 Å². The lowest BCUT2D eigenvalue weighted by Crippen LogP contribution is -2.34. The number of fused-ring (bicyclic) bond motifs is 1. The van der Waals surface area contributed by atoms with E-state index < -0.39 is 0 Å². The highest BCUT2D eigenvalue weighted by atomic mass is 14.8. The Morgan fingerprint density at radius 3 is 2.56 bits per heavy atom. The Kier molecular flexibility index (Phi) is 2.88. The predicted octanol–water partition coefficient (Wildman–Crippen LogP) is 4.70. The number of rotatable bonds is 2. The second-order valence-electron chi connectivity index (χ2n) is 4.99. The fourth-order valence-electron chi connectivity index (χ4n) is 2.96. The molecule has 1 unspecified atom stereocenters. The molecule has 2 rings (SSSR count). The largest absolute Gasteiger partial charge is 0.257 e. The molecule has 1 aliphatic heterocycles. The molecule has 1 aromatic carbocycles. The van der Waals surface area contributed by atoms with Gasteiger partial charge in [0.05, 0.1) is 5.69 Å². The van der Waals surface area contributed by atoms with Crippen LogP contribution in [0.3, 0.4) is 0 Å². The smallest absolute Gasteiger partial charge is 0.0664 e. The molecular formula is C15H21N. The van der Waals surface area contributed by atoms with Crippen LogP contribution >= 0.6 is 0 Å². The van der Waals surface area contributed by atoms with E-state index in [4.69, 9.17) is 4.99 Å². The average Bonchev–Trinajstić information content (AvgIpc) is 2.31. The van der Waals surface area contributed by atoms with Crippen molar-refractivity contribution in [2.45, 2.75) is 46.5 Å². The van der Waals surface area contributed by atoms with Crippen LogP contribution in [0.1, 0.15) is 52.0 Å². The molecular weight excluding hydrogens is 194 g/mol. The Morgan fingerprint density at radius 1 is 1.25 bits per heavy atom. The molecule has 1 aliphatic rings. The Labute approximate surface area is 98.6 Å². The van der Waals surface area contributed by atoms with Crippen molar-refractivity contribution >= 4 is 11.4 Å². The molecule has 0 aliphatic carbocycles. The van der Waals surface area contributed by atoms with E-state index in [9.17, 15) is 0 Å². The van der Waals surface area contributed by atoms with Crippen molar-refractivity contribution < 1.29 is 0 Å². The Morgan fingerprint density at radius 2 is 1.94 bits per heavy atom. The maximum Gasteiger partial charge on any atom is 0.0664 e. The van der Waals surface area contributed by atoms with Crippen molar-refractivity contribution in [3.63, 3.8) is 0 Å². The number of hydrogen-bond acceptors (Lipinski definition) is 1. The fourth-order valence-corrected chi connectivity index (χ4v) is 2.96. The number of para-hydroxylation sites is 1. The van der Waals surface area contributed by atoms with Crippen LogP contribution in [0.2, 0.25) is 0 Å². The van der Waals surface area contributed by atoms with Gasteiger partial charge in [-0.15, -0.1) is 0 Å². The van der Waals surface area contributed by atoms with Crippen molar-refractivity contribution in [1.82, 2.24) is 0 Å². The van der Waals surface area contributed by atoms with Gasteiger partial charge in [-0.05, 0) is 37.3 Å². The third-order valence-electron chi connectivity index (χ3n) is 4.34. The molecule has 1 nitrogen and oxygen atoms in total. The SMILES string of the molecule is CCC1c2ccccc2N=C(C)[C@]1(C)CC. The molecule has 2 atom stereocenters. The zero-order valence-corrected chi connectivity index (χ0v) is 10.7. The average molecular weight is 215 g/mol. The zero-order chi connectivity index (χ0) is 11.8. The summed E-state index contributed by atoms with van der Waals surface area (Å²) in [5.41, 5.74) is 4.14. The van der Waals surface area contributed by atoms with Gasteiger partial charge in [0.15, 0.2) is 0 Å². The summed E-state index contributed by atoms with van der Waals surface area (Å²) >= 11 is 0. The van der Waals surface area contributed by atoms with Gasteiger partial charge in [0, 0.05) is 11.1 Å². The molecule has 0 spiro atoms. The minimum Gasteiger partial charge on any atom is -0.257 e. The summed E-state index contributed by atoms with van der Waals surface area (Å²) in [6.07, 6.45) is 2.35. The molecule has 0 radical (unpaired) electrons. The van der Waals surface area contributed by atoms with Gasteiger partial charge in [0.1, 0.15) is 0 Å². The quantitative estimate of drug-likeness (QED) is 0.678. The lowest BCUT2D eigenvalue weighted by Gasteiger charge is -2.40. The van der Waals surface area contributed by atoms with Crippen LogP contribution in [-0.2, 0) is 0 Å². The molecule has 0 N–H and O–H groups in total. The highest BCUT2D eigenvalue weighted by Gasteiger charge is 2.38. The first kappa shape index (κ1) is 11.4. The Hall–Kier alpha value is -1.11. The zero-order valence-electron chi connectivity index (χ0n) is 10.7. The second-order valence-corrected chi connectivity index (χ2v) is 4.99. The van der Waals surface area contributed by atoms with Gasteiger partial charge in [-0.3, -0.25) is 4.99 Å². The van der Waals surface area contributed by atoms with E-state index in [0.29, 0.717) is 5.92 Å². The van der Waals surface area contributed by atoms with E-state index in [2.05, 4.69) is 52.0 Å². The van der Waals surface area contributed by atoms with E-state index in [1.54, 1.807) is 0 Å². The molecule has 0 fully saturated rings. The third-order valence-corrected chi connectivity index (χ3v) is 4.34. The normalized spacial score (nSPS) is 28.5. The Bertz CT molecular complexity index is 419. The van der Waals surface area contributed by atoms with Gasteiger partial charge in [-0.25, -0.2) is 0 Å². The van der Waals surface area contributed by atoms with Crippen LogP contribution < -0.4 is 0 Å². The number of hydrogen-bond donors (Lipinski definition) is 0. The first-order valence-corrected chi connectivity index (χ1v) is 6.28. The van der Waals surface area contributed by atoms with E-state index in [1.807, 2.05) is 0 Å². The van der Waals surface area contributed by atoms with Crippen LogP contribution in [0, 0.1) is 5.41 Å². The molecule has 0 saturated heterocycles. The predicted molar refractivity (Wildman–Crippen MR) is 70.6 cm³/mol. The van der Waals surface area contributed by atoms with Gasteiger partial charge in [-0.1, -0.05) is 39.0 Å². The van der Waals surface area contributed by atoms with Gasteiger partial charge in [0.2, 0.25) is 0 Å². The summed E-state index contributed by atoms with van der Waals surface area (Å²) in [6, 6.07) is 8.59. The van der Waals surface area contributed by atoms with Crippen molar-refractivity contribution in [3.8, 4) is 0 Å². The first-order valence-electron chi connectivity index (χ1n) is 6.28. The van der Waals surface area contributed by atoms with E-state index in [1.165, 1.54) is 23.4 Å². The van der Waals surface area contributed by atoms with Crippen LogP contribution in [-0.4, -0.2) is 5.71 Å². The maximum absolute atomic E-state index is 4.78. The molecule has 0 aromatic heterocycles. The second kappa shape index (κ2) is 4.04. The van der Waals surface area contributed by atoms with Crippen LogP contribution in [0.15, 0.2) is 29.3 Å². The lowest BCUT2D eigenvalue weighted by atomic mass is 9.66. The topological polar surface area (TPSA) is 12.4 Å². The fraction of sp³-hybridized carbons (Fsp3) is 0.533. The van der Waals surface area contributed by atoms with Crippen LogP contribution in [0.25, 0.3) is 0 Å². The first-order chi connectivity index (χ1) is 7.63. The standard InChI is InChI=1S/C15H21N/c1-5-13-12-9-7-8-10-14(12)16-11(3)15(13,4)6-2/h7-10,13H,5-6H2,1-4H3/t13?,15-/m0/s1. The van der Waals surface area contributed by atoms with Crippen LogP contribution in [0.5, 0.6) is 0 Å². The van der Waals surface area contributed by atoms with Gasteiger partial charge < -0.3 is 0 Å². The molecule has 86 valence electrons. The molecule has 1 heterocycles. The van der Waals surface area contributed by atoms with Crippen molar-refractivity contribution in [1.29, 1.82) is 0 Å². The van der Waals surface area contributed by atoms with E-state index in [-0.39, 0.29) is 5.41 Å². The Balaban J connectivity index is 2.59. The monoisotopic (exact) mass is 215 g/mol. The summed E-state index contributed by atoms with van der Waals surface area (Å²) in [7, 11) is 0. The summed E-state index contributed by atoms with van der Waals surface area (Å²) in [5, 5.41) is 0. The van der Waals surface area contributed by atoms with Gasteiger partial charge >= 0.3 is 0 Å². The third kappa shape index (κ3) is 1.50. The summed E-state index contributed by atoms with van der Waals surface area (Å²) in [4.78, 5) is 4.78. The molecule has 0 saturated carbocycles. The van der Waals surface area contributed by atoms with Crippen molar-refractivity contribution in [2.75, 3.05) is 0 Å². The van der Waals surface area contributed by atoms with E-state index in [0.717, 1.165) is 6.42 Å². The minimum absolute atomic E-state index is 0.239. The molecule has 16 heavy (non-hydrogen) atoms. The molecule has 0 amide bonds. The number of nitrogens with zero attached hydrogens (tertiary/aromatic N) is 1. The summed E-state index contributed by atoms with van der Waals surface area (Å²) in [6.45, 7) is 9.10. The highest BCUT2D eigenvalue weighted by molar-refractivity contribution is 5.93. The summed E-state index contributed by atoms with van der Waals surface area (Å²) < 4.78 is 0. The molecule has 0 bridgehead atoms. The lowest BCUT2D eigenvalue weighted by molar-refractivity contribution is 0.340. The van der Waals surface area contributed by atoms with Gasteiger partial charge in [-0.2, -0.15) is 0 Å². The highest BCUT2D eigenvalue weighted by Crippen LogP contribution is 2.48. The molecule has 1 aromatic rings. The van der Waals surface area contributed by atoms with Gasteiger partial charge in [0.25, 0.3) is 0 Å². The van der Waals surface area contributed by atoms with E-state index >= 15 is 0 Å². The molecule has 1 heteroatoms. The number of benzene rings is 1. The van der Waals surface area contributed by atoms with Crippen molar-refractivity contribution in [2.24, 2.45) is 10.4 Å². The maximum atomic E-state index is 4.78. The summed E-state index contributed by atoms with van der Waals surface area (Å²) in [5.74, 6) is 0.617. The minimum atomic E-state index is 0.239. The van der Waals surface area contributed by atoms with Crippen molar-refractivity contribution in [3.05, 3.63) is 29.8 Å².